The highest BCUT2D eigenvalue weighted by atomic mass is 16.5. The number of carbonyl (C=O) groups is 1. The molecule has 0 aliphatic carbocycles. The minimum Gasteiger partial charge on any atom is -0.469 e. The number of likely N-dealkylation sites (tertiary alicyclic amines) is 1. The van der Waals surface area contributed by atoms with Gasteiger partial charge in [0.1, 0.15) is 5.76 Å². The van der Waals surface area contributed by atoms with Gasteiger partial charge < -0.3 is 24.1 Å². The number of hydrogen-bond acceptors (Lipinski definition) is 4. The number of rotatable bonds is 5. The van der Waals surface area contributed by atoms with Gasteiger partial charge >= 0.3 is 6.03 Å². The molecule has 0 spiro atoms. The Balaban J connectivity index is 1.33. The first kappa shape index (κ1) is 17.3. The Morgan fingerprint density at radius 3 is 2.83 bits per heavy atom. The molecule has 6 heteroatoms. The van der Waals surface area contributed by atoms with Crippen LogP contribution >= 0.6 is 0 Å². The van der Waals surface area contributed by atoms with Crippen LogP contribution < -0.4 is 5.32 Å². The zero-order valence-corrected chi connectivity index (χ0v) is 14.5. The predicted octanol–water partition coefficient (Wildman–Crippen LogP) is 2.85. The van der Waals surface area contributed by atoms with E-state index in [0.717, 1.165) is 50.3 Å². The Labute approximate surface area is 143 Å². The van der Waals surface area contributed by atoms with Crippen molar-refractivity contribution in [1.29, 1.82) is 0 Å². The molecule has 0 bridgehead atoms. The number of amides is 2. The van der Waals surface area contributed by atoms with Crippen LogP contribution in [0.4, 0.5) is 4.79 Å². The highest BCUT2D eigenvalue weighted by Gasteiger charge is 2.24. The molecule has 0 radical (unpaired) electrons. The Bertz CT molecular complexity index is 517. The van der Waals surface area contributed by atoms with Gasteiger partial charge in [0, 0.05) is 31.8 Å². The molecule has 1 N–H and O–H groups in total. The average Bonchev–Trinajstić information content (AvgIpc) is 3.04. The van der Waals surface area contributed by atoms with E-state index in [9.17, 15) is 4.79 Å². The van der Waals surface area contributed by atoms with Crippen LogP contribution in [-0.2, 0) is 16.0 Å². The minimum absolute atomic E-state index is 0.00957. The van der Waals surface area contributed by atoms with Crippen LogP contribution in [-0.4, -0.2) is 49.4 Å². The molecule has 1 aromatic rings. The van der Waals surface area contributed by atoms with Gasteiger partial charge in [0.05, 0.1) is 25.1 Å². The van der Waals surface area contributed by atoms with E-state index in [1.807, 2.05) is 17.9 Å². The van der Waals surface area contributed by atoms with Crippen LogP contribution in [0.25, 0.3) is 0 Å². The summed E-state index contributed by atoms with van der Waals surface area (Å²) in [5.74, 6) is 0.854. The number of carbonyl (C=O) groups excluding carboxylic acids is 1. The van der Waals surface area contributed by atoms with E-state index in [4.69, 9.17) is 13.9 Å². The lowest BCUT2D eigenvalue weighted by Crippen LogP contribution is -2.46. The molecule has 6 nitrogen and oxygen atoms in total. The summed E-state index contributed by atoms with van der Waals surface area (Å²) in [6.07, 6.45) is 7.46. The molecule has 2 aliphatic rings. The number of nitrogens with zero attached hydrogens (tertiary/aromatic N) is 1. The van der Waals surface area contributed by atoms with Gasteiger partial charge in [0.2, 0.25) is 0 Å². The first-order valence-electron chi connectivity index (χ1n) is 9.01. The number of nitrogens with one attached hydrogen (secondary N) is 1. The largest absolute Gasteiger partial charge is 0.469 e. The van der Waals surface area contributed by atoms with Crippen molar-refractivity contribution >= 4 is 6.03 Å². The Morgan fingerprint density at radius 2 is 2.17 bits per heavy atom. The van der Waals surface area contributed by atoms with E-state index in [1.54, 1.807) is 6.26 Å². The molecule has 2 amide bonds. The van der Waals surface area contributed by atoms with Gasteiger partial charge in [0.15, 0.2) is 0 Å². The lowest BCUT2D eigenvalue weighted by atomic mass is 10.1. The molecule has 0 saturated carbocycles. The third kappa shape index (κ3) is 4.74. The second-order valence-electron chi connectivity index (χ2n) is 6.67. The molecular formula is C18H28N2O4. The second kappa shape index (κ2) is 8.53. The second-order valence-corrected chi connectivity index (χ2v) is 6.67. The number of hydrogen-bond donors (Lipinski definition) is 1. The summed E-state index contributed by atoms with van der Waals surface area (Å²) in [7, 11) is 0. The molecule has 24 heavy (non-hydrogen) atoms. The molecule has 1 aromatic heterocycles. The van der Waals surface area contributed by atoms with Crippen LogP contribution in [0.2, 0.25) is 0 Å². The zero-order valence-electron chi connectivity index (χ0n) is 14.5. The number of furan rings is 1. The van der Waals surface area contributed by atoms with E-state index >= 15 is 0 Å². The summed E-state index contributed by atoms with van der Waals surface area (Å²) in [5.41, 5.74) is 1.02. The maximum atomic E-state index is 12.2. The van der Waals surface area contributed by atoms with Gasteiger partial charge in [-0.1, -0.05) is 0 Å². The number of ether oxygens (including phenoxy) is 2. The van der Waals surface area contributed by atoms with Gasteiger partial charge in [-0.3, -0.25) is 0 Å². The zero-order chi connectivity index (χ0) is 16.8. The van der Waals surface area contributed by atoms with Crippen LogP contribution in [0.15, 0.2) is 16.7 Å². The highest BCUT2D eigenvalue weighted by molar-refractivity contribution is 5.74. The van der Waals surface area contributed by atoms with Crippen molar-refractivity contribution in [2.45, 2.75) is 57.8 Å². The van der Waals surface area contributed by atoms with E-state index in [2.05, 4.69) is 5.32 Å². The molecular weight excluding hydrogens is 308 g/mol. The van der Waals surface area contributed by atoms with E-state index < -0.39 is 0 Å². The standard InChI is InChI=1S/C18H28N2O4/c1-14-15(7-11-22-14)12-19-18(21)20-8-5-16(6-9-20)24-13-17-4-2-3-10-23-17/h7,11,16-17H,2-6,8-10,12-13H2,1H3,(H,19,21). The first-order chi connectivity index (χ1) is 11.7. The van der Waals surface area contributed by atoms with Crippen molar-refractivity contribution in [3.05, 3.63) is 23.7 Å². The van der Waals surface area contributed by atoms with E-state index in [0.29, 0.717) is 13.2 Å². The average molecular weight is 336 g/mol. The SMILES string of the molecule is Cc1occc1CNC(=O)N1CCC(OCC2CCCCO2)CC1. The van der Waals surface area contributed by atoms with Crippen LogP contribution in [0.1, 0.15) is 43.4 Å². The minimum atomic E-state index is -0.00957. The van der Waals surface area contributed by atoms with Crippen molar-refractivity contribution in [3.8, 4) is 0 Å². The normalized spacial score (nSPS) is 22.5. The van der Waals surface area contributed by atoms with Crippen LogP contribution in [0, 0.1) is 6.92 Å². The number of urea groups is 1. The van der Waals surface area contributed by atoms with Gasteiger partial charge in [-0.25, -0.2) is 4.79 Å². The van der Waals surface area contributed by atoms with Gasteiger partial charge in [-0.05, 0) is 45.1 Å². The fourth-order valence-electron chi connectivity index (χ4n) is 3.29. The molecule has 1 unspecified atom stereocenters. The lowest BCUT2D eigenvalue weighted by molar-refractivity contribution is -0.0728. The molecule has 1 atom stereocenters. The molecule has 2 saturated heterocycles. The smallest absolute Gasteiger partial charge is 0.317 e. The Morgan fingerprint density at radius 1 is 1.33 bits per heavy atom. The summed E-state index contributed by atoms with van der Waals surface area (Å²) in [6, 6.07) is 1.88. The molecule has 2 fully saturated rings. The van der Waals surface area contributed by atoms with Crippen LogP contribution in [0.5, 0.6) is 0 Å². The Kier molecular flexibility index (Phi) is 6.15. The summed E-state index contributed by atoms with van der Waals surface area (Å²) < 4.78 is 16.9. The monoisotopic (exact) mass is 336 g/mol. The maximum absolute atomic E-state index is 12.2. The van der Waals surface area contributed by atoms with Gasteiger partial charge in [-0.15, -0.1) is 0 Å². The summed E-state index contributed by atoms with van der Waals surface area (Å²) in [4.78, 5) is 14.1. The maximum Gasteiger partial charge on any atom is 0.317 e. The third-order valence-electron chi connectivity index (χ3n) is 4.92. The topological polar surface area (TPSA) is 63.9 Å². The molecule has 134 valence electrons. The lowest BCUT2D eigenvalue weighted by Gasteiger charge is -2.33. The number of aryl methyl sites for hydroxylation is 1. The first-order valence-corrected chi connectivity index (χ1v) is 9.01. The van der Waals surface area contributed by atoms with Crippen molar-refractivity contribution < 1.29 is 18.7 Å². The third-order valence-corrected chi connectivity index (χ3v) is 4.92. The highest BCUT2D eigenvalue weighted by Crippen LogP contribution is 2.18. The van der Waals surface area contributed by atoms with Crippen molar-refractivity contribution in [2.24, 2.45) is 0 Å². The molecule has 2 aliphatic heterocycles. The fraction of sp³-hybridized carbons (Fsp3) is 0.722. The van der Waals surface area contributed by atoms with E-state index in [1.165, 1.54) is 12.8 Å². The number of piperidine rings is 1. The van der Waals surface area contributed by atoms with Gasteiger partial charge in [-0.2, -0.15) is 0 Å². The quantitative estimate of drug-likeness (QED) is 0.898. The molecule has 3 rings (SSSR count). The Hall–Kier alpha value is -1.53. The van der Waals surface area contributed by atoms with Crippen molar-refractivity contribution in [3.63, 3.8) is 0 Å². The van der Waals surface area contributed by atoms with Crippen molar-refractivity contribution in [1.82, 2.24) is 10.2 Å². The summed E-state index contributed by atoms with van der Waals surface area (Å²) in [5, 5.41) is 2.96. The summed E-state index contributed by atoms with van der Waals surface area (Å²) in [6.45, 7) is 5.45. The fourth-order valence-corrected chi connectivity index (χ4v) is 3.29. The van der Waals surface area contributed by atoms with Crippen LogP contribution in [0.3, 0.4) is 0 Å². The van der Waals surface area contributed by atoms with E-state index in [-0.39, 0.29) is 18.2 Å². The van der Waals surface area contributed by atoms with Gasteiger partial charge in [0.25, 0.3) is 0 Å². The molecule has 0 aromatic carbocycles. The predicted molar refractivity (Wildman–Crippen MR) is 89.8 cm³/mol. The summed E-state index contributed by atoms with van der Waals surface area (Å²) >= 11 is 0. The molecule has 3 heterocycles. The van der Waals surface area contributed by atoms with Crippen molar-refractivity contribution in [2.75, 3.05) is 26.3 Å².